The molecule has 0 N–H and O–H groups in total. The number of nitrogens with zero attached hydrogens (tertiary/aromatic N) is 3. The molecule has 49 heavy (non-hydrogen) atoms. The number of fused-ring (bicyclic) bond motifs is 7. The molecule has 0 bridgehead atoms. The molecule has 0 aliphatic heterocycles. The van der Waals surface area contributed by atoms with Crippen molar-refractivity contribution in [2.24, 2.45) is 0 Å². The smallest absolute Gasteiger partial charge is 0.154 e. The van der Waals surface area contributed by atoms with Gasteiger partial charge in [0.2, 0.25) is 0 Å². The van der Waals surface area contributed by atoms with Crippen molar-refractivity contribution < 1.29 is 4.42 Å². The summed E-state index contributed by atoms with van der Waals surface area (Å²) in [5.41, 5.74) is 16.4. The number of aromatic nitrogens is 3. The Kier molecular flexibility index (Phi) is 6.51. The number of hydrogen-bond acceptors (Lipinski definition) is 3. The maximum absolute atomic E-state index is 6.85. The summed E-state index contributed by atoms with van der Waals surface area (Å²) in [6, 6.07) is 41.2. The van der Waals surface area contributed by atoms with Gasteiger partial charge in [-0.25, -0.2) is 9.97 Å². The van der Waals surface area contributed by atoms with Crippen LogP contribution in [0.15, 0.2) is 120 Å². The van der Waals surface area contributed by atoms with Crippen molar-refractivity contribution in [2.45, 2.75) is 58.8 Å². The maximum atomic E-state index is 6.85. The first-order chi connectivity index (χ1) is 23.7. The van der Waals surface area contributed by atoms with E-state index in [1.807, 2.05) is 0 Å². The topological polar surface area (TPSA) is 43.9 Å². The standard InChI is InChI=1S/C45H39N3O/c1-26(2)33-23-29(28-15-8-7-9-16-28)24-34(27(3)4)41(33)48-38-22-13-12-21-37(38)46-44(48)32-19-14-18-31-40-39(49-42(31)32)25-35-30-17-10-11-20-36(30)45(5,6)43(35)47-40/h7-27H,1-6H3. The Hall–Kier alpha value is -5.48. The second kappa shape index (κ2) is 10.8. The third-order valence-electron chi connectivity index (χ3n) is 10.5. The van der Waals surface area contributed by atoms with Crippen LogP contribution in [0.25, 0.3) is 72.4 Å². The predicted octanol–water partition coefficient (Wildman–Crippen LogP) is 12.2. The van der Waals surface area contributed by atoms with Gasteiger partial charge in [0.1, 0.15) is 16.9 Å². The molecular weight excluding hydrogens is 599 g/mol. The fraction of sp³-hybridized carbons (Fsp3) is 0.200. The van der Waals surface area contributed by atoms with Gasteiger partial charge in [0.05, 0.1) is 28.0 Å². The average Bonchev–Trinajstić information content (AvgIpc) is 3.75. The summed E-state index contributed by atoms with van der Waals surface area (Å²) in [6.45, 7) is 13.7. The lowest BCUT2D eigenvalue weighted by Gasteiger charge is -2.24. The lowest BCUT2D eigenvalue weighted by Crippen LogP contribution is -2.16. The number of para-hydroxylation sites is 3. The van der Waals surface area contributed by atoms with Crippen LogP contribution in [0.5, 0.6) is 0 Å². The van der Waals surface area contributed by atoms with Crippen molar-refractivity contribution in [1.82, 2.24) is 14.5 Å². The Morgan fingerprint density at radius 3 is 2.06 bits per heavy atom. The number of hydrogen-bond donors (Lipinski definition) is 0. The molecule has 0 radical (unpaired) electrons. The molecule has 4 heteroatoms. The number of pyridine rings is 1. The largest absolute Gasteiger partial charge is 0.454 e. The zero-order valence-corrected chi connectivity index (χ0v) is 28.9. The monoisotopic (exact) mass is 637 g/mol. The minimum absolute atomic E-state index is 0.193. The molecule has 0 spiro atoms. The van der Waals surface area contributed by atoms with Crippen molar-refractivity contribution in [1.29, 1.82) is 0 Å². The van der Waals surface area contributed by atoms with Gasteiger partial charge >= 0.3 is 0 Å². The molecule has 4 nitrogen and oxygen atoms in total. The molecule has 5 aromatic carbocycles. The third-order valence-corrected chi connectivity index (χ3v) is 10.5. The normalized spacial score (nSPS) is 13.6. The van der Waals surface area contributed by atoms with E-state index in [2.05, 4.69) is 161 Å². The van der Waals surface area contributed by atoms with Crippen LogP contribution in [0.3, 0.4) is 0 Å². The SMILES string of the molecule is CC(C)c1cc(-c2ccccc2)cc(C(C)C)c1-n1c(-c2cccc3c2oc2cc4c(nc23)C(C)(C)c2ccccc2-4)nc2ccccc21. The zero-order chi connectivity index (χ0) is 33.6. The van der Waals surface area contributed by atoms with Crippen LogP contribution < -0.4 is 0 Å². The van der Waals surface area contributed by atoms with Crippen LogP contribution in [0, 0.1) is 0 Å². The molecule has 240 valence electrons. The molecule has 3 heterocycles. The van der Waals surface area contributed by atoms with Crippen molar-refractivity contribution in [3.63, 3.8) is 0 Å². The fourth-order valence-electron chi connectivity index (χ4n) is 8.01. The molecule has 8 aromatic rings. The summed E-state index contributed by atoms with van der Waals surface area (Å²) >= 11 is 0. The van der Waals surface area contributed by atoms with Crippen molar-refractivity contribution in [3.05, 3.63) is 138 Å². The summed E-state index contributed by atoms with van der Waals surface area (Å²) in [7, 11) is 0. The van der Waals surface area contributed by atoms with Crippen LogP contribution in [0.2, 0.25) is 0 Å². The molecule has 0 amide bonds. The van der Waals surface area contributed by atoms with Gasteiger partial charge in [-0.1, -0.05) is 114 Å². The first kappa shape index (κ1) is 29.6. The third kappa shape index (κ3) is 4.36. The number of rotatable bonds is 5. The van der Waals surface area contributed by atoms with E-state index in [-0.39, 0.29) is 17.3 Å². The van der Waals surface area contributed by atoms with Crippen LogP contribution in [-0.2, 0) is 5.41 Å². The van der Waals surface area contributed by atoms with E-state index in [1.54, 1.807) is 0 Å². The summed E-state index contributed by atoms with van der Waals surface area (Å²) < 4.78 is 9.24. The number of imidazole rings is 1. The van der Waals surface area contributed by atoms with Gasteiger partial charge in [-0.2, -0.15) is 0 Å². The highest BCUT2D eigenvalue weighted by atomic mass is 16.3. The van der Waals surface area contributed by atoms with Crippen LogP contribution in [0.1, 0.15) is 75.8 Å². The van der Waals surface area contributed by atoms with E-state index in [0.717, 1.165) is 55.7 Å². The molecule has 0 fully saturated rings. The summed E-state index contributed by atoms with van der Waals surface area (Å²) in [6.07, 6.45) is 0. The minimum atomic E-state index is -0.193. The lowest BCUT2D eigenvalue weighted by atomic mass is 9.85. The summed E-state index contributed by atoms with van der Waals surface area (Å²) in [5, 5.41) is 1.01. The molecule has 0 saturated heterocycles. The van der Waals surface area contributed by atoms with Crippen molar-refractivity contribution >= 4 is 33.1 Å². The van der Waals surface area contributed by atoms with E-state index >= 15 is 0 Å². The fourth-order valence-corrected chi connectivity index (χ4v) is 8.01. The molecule has 9 rings (SSSR count). The molecule has 1 aliphatic carbocycles. The Morgan fingerprint density at radius 1 is 0.633 bits per heavy atom. The van der Waals surface area contributed by atoms with Crippen LogP contribution in [0.4, 0.5) is 0 Å². The summed E-state index contributed by atoms with van der Waals surface area (Å²) in [5.74, 6) is 1.44. The zero-order valence-electron chi connectivity index (χ0n) is 28.9. The first-order valence-electron chi connectivity index (χ1n) is 17.4. The summed E-state index contributed by atoms with van der Waals surface area (Å²) in [4.78, 5) is 10.7. The highest BCUT2D eigenvalue weighted by Gasteiger charge is 2.38. The van der Waals surface area contributed by atoms with Gasteiger partial charge in [-0.3, -0.25) is 4.57 Å². The van der Waals surface area contributed by atoms with Gasteiger partial charge < -0.3 is 4.42 Å². The lowest BCUT2D eigenvalue weighted by molar-refractivity contribution is 0.637. The van der Waals surface area contributed by atoms with Crippen LogP contribution >= 0.6 is 0 Å². The number of benzene rings is 5. The van der Waals surface area contributed by atoms with Crippen LogP contribution in [-0.4, -0.2) is 14.5 Å². The molecule has 0 saturated carbocycles. The number of furan rings is 1. The Bertz CT molecular complexity index is 2550. The molecule has 3 aromatic heterocycles. The quantitative estimate of drug-likeness (QED) is 0.189. The first-order valence-corrected chi connectivity index (χ1v) is 17.4. The van der Waals surface area contributed by atoms with E-state index in [1.165, 1.54) is 39.1 Å². The van der Waals surface area contributed by atoms with E-state index in [4.69, 9.17) is 14.4 Å². The highest BCUT2D eigenvalue weighted by molar-refractivity contribution is 6.09. The van der Waals surface area contributed by atoms with Crippen molar-refractivity contribution in [3.8, 4) is 39.3 Å². The van der Waals surface area contributed by atoms with Gasteiger partial charge in [0, 0.05) is 16.4 Å². The van der Waals surface area contributed by atoms with Gasteiger partial charge in [-0.05, 0) is 87.7 Å². The highest BCUT2D eigenvalue weighted by Crippen LogP contribution is 2.50. The Balaban J connectivity index is 1.33. The van der Waals surface area contributed by atoms with E-state index in [9.17, 15) is 0 Å². The second-order valence-corrected chi connectivity index (χ2v) is 14.6. The van der Waals surface area contributed by atoms with Crippen molar-refractivity contribution in [2.75, 3.05) is 0 Å². The van der Waals surface area contributed by atoms with Gasteiger partial charge in [0.25, 0.3) is 0 Å². The maximum Gasteiger partial charge on any atom is 0.154 e. The van der Waals surface area contributed by atoms with Gasteiger partial charge in [-0.15, -0.1) is 0 Å². The molecule has 0 unspecified atom stereocenters. The molecule has 0 atom stereocenters. The molecule has 1 aliphatic rings. The van der Waals surface area contributed by atoms with E-state index < -0.39 is 0 Å². The minimum Gasteiger partial charge on any atom is -0.454 e. The predicted molar refractivity (Wildman–Crippen MR) is 203 cm³/mol. The van der Waals surface area contributed by atoms with Gasteiger partial charge in [0.15, 0.2) is 5.58 Å². The molecular formula is C45H39N3O. The average molecular weight is 638 g/mol. The second-order valence-electron chi connectivity index (χ2n) is 14.6. The van der Waals surface area contributed by atoms with E-state index in [0.29, 0.717) is 0 Å². The Morgan fingerprint density at radius 2 is 1.31 bits per heavy atom. The Labute approximate surface area is 287 Å².